The molecule has 1 aromatic carbocycles. The monoisotopic (exact) mass is 260 g/mol. The van der Waals surface area contributed by atoms with Gasteiger partial charge in [-0.3, -0.25) is 4.68 Å². The molecule has 0 spiro atoms. The SMILES string of the molecule is CCn1ncc(OC)c1C(O)c1cccc(C)c1C. The van der Waals surface area contributed by atoms with Crippen molar-refractivity contribution in [3.63, 3.8) is 0 Å². The first kappa shape index (κ1) is 13.6. The number of benzene rings is 1. The van der Waals surface area contributed by atoms with Gasteiger partial charge in [0, 0.05) is 6.54 Å². The number of hydrogen-bond donors (Lipinski definition) is 1. The fraction of sp³-hybridized carbons (Fsp3) is 0.400. The third kappa shape index (κ3) is 2.36. The fourth-order valence-electron chi connectivity index (χ4n) is 2.28. The highest BCUT2D eigenvalue weighted by Crippen LogP contribution is 2.32. The van der Waals surface area contributed by atoms with Crippen molar-refractivity contribution in [2.45, 2.75) is 33.4 Å². The summed E-state index contributed by atoms with van der Waals surface area (Å²) in [7, 11) is 1.59. The Morgan fingerprint density at radius 3 is 2.74 bits per heavy atom. The third-order valence-corrected chi connectivity index (χ3v) is 3.56. The van der Waals surface area contributed by atoms with E-state index < -0.39 is 6.10 Å². The van der Waals surface area contributed by atoms with Crippen LogP contribution in [-0.2, 0) is 6.54 Å². The summed E-state index contributed by atoms with van der Waals surface area (Å²) in [5.74, 6) is 0.621. The zero-order valence-electron chi connectivity index (χ0n) is 11.8. The Morgan fingerprint density at radius 1 is 1.37 bits per heavy atom. The first-order chi connectivity index (χ1) is 9.10. The summed E-state index contributed by atoms with van der Waals surface area (Å²) in [6.45, 7) is 6.75. The number of nitrogens with zero attached hydrogens (tertiary/aromatic N) is 2. The summed E-state index contributed by atoms with van der Waals surface area (Å²) in [6.07, 6.45) is 0.921. The molecule has 4 heteroatoms. The molecule has 0 aliphatic rings. The van der Waals surface area contributed by atoms with Crippen molar-refractivity contribution < 1.29 is 9.84 Å². The average molecular weight is 260 g/mol. The Hall–Kier alpha value is -1.81. The second-order valence-electron chi connectivity index (χ2n) is 4.61. The molecular formula is C15H20N2O2. The van der Waals surface area contributed by atoms with Gasteiger partial charge in [0.25, 0.3) is 0 Å². The van der Waals surface area contributed by atoms with Crippen LogP contribution >= 0.6 is 0 Å². The smallest absolute Gasteiger partial charge is 0.163 e. The number of aromatic nitrogens is 2. The molecule has 0 amide bonds. The number of aryl methyl sites for hydroxylation is 2. The highest BCUT2D eigenvalue weighted by Gasteiger charge is 2.22. The zero-order chi connectivity index (χ0) is 14.0. The molecule has 2 aromatic rings. The van der Waals surface area contributed by atoms with Gasteiger partial charge in [-0.1, -0.05) is 18.2 Å². The van der Waals surface area contributed by atoms with Crippen LogP contribution < -0.4 is 4.74 Å². The summed E-state index contributed by atoms with van der Waals surface area (Å²) >= 11 is 0. The van der Waals surface area contributed by atoms with Crippen LogP contribution in [0.3, 0.4) is 0 Å². The minimum absolute atomic E-state index is 0.621. The molecular weight excluding hydrogens is 240 g/mol. The first-order valence-electron chi connectivity index (χ1n) is 6.44. The minimum Gasteiger partial charge on any atom is -0.493 e. The standard InChI is InChI=1S/C15H20N2O2/c1-5-17-14(13(19-4)9-16-17)15(18)12-8-6-7-10(2)11(12)3/h6-9,15,18H,5H2,1-4H3. The van der Waals surface area contributed by atoms with Crippen molar-refractivity contribution in [1.82, 2.24) is 9.78 Å². The lowest BCUT2D eigenvalue weighted by atomic mass is 9.97. The van der Waals surface area contributed by atoms with E-state index in [1.54, 1.807) is 18.0 Å². The lowest BCUT2D eigenvalue weighted by Gasteiger charge is -2.17. The second kappa shape index (κ2) is 5.45. The number of methoxy groups -OCH3 is 1. The van der Waals surface area contributed by atoms with Gasteiger partial charge in [0.15, 0.2) is 5.75 Å². The van der Waals surface area contributed by atoms with Gasteiger partial charge in [-0.15, -0.1) is 0 Å². The predicted molar refractivity (Wildman–Crippen MR) is 74.4 cm³/mol. The van der Waals surface area contributed by atoms with E-state index >= 15 is 0 Å². The van der Waals surface area contributed by atoms with Gasteiger partial charge in [-0.25, -0.2) is 0 Å². The lowest BCUT2D eigenvalue weighted by molar-refractivity contribution is 0.202. The van der Waals surface area contributed by atoms with Crippen LogP contribution in [0.5, 0.6) is 5.75 Å². The first-order valence-corrected chi connectivity index (χ1v) is 6.44. The molecule has 0 aliphatic carbocycles. The Morgan fingerprint density at radius 2 is 2.11 bits per heavy atom. The van der Waals surface area contributed by atoms with Gasteiger partial charge in [0.05, 0.1) is 13.3 Å². The molecule has 1 unspecified atom stereocenters. The maximum absolute atomic E-state index is 10.7. The average Bonchev–Trinajstić information content (AvgIpc) is 2.84. The second-order valence-corrected chi connectivity index (χ2v) is 4.61. The summed E-state index contributed by atoms with van der Waals surface area (Å²) in [5, 5.41) is 14.9. The van der Waals surface area contributed by atoms with E-state index in [1.165, 1.54) is 0 Å². The molecule has 0 saturated heterocycles. The maximum Gasteiger partial charge on any atom is 0.163 e. The molecule has 1 atom stereocenters. The van der Waals surface area contributed by atoms with Gasteiger partial charge < -0.3 is 9.84 Å². The predicted octanol–water partition coefficient (Wildman–Crippen LogP) is 2.61. The summed E-state index contributed by atoms with van der Waals surface area (Å²) in [6, 6.07) is 5.94. The largest absolute Gasteiger partial charge is 0.493 e. The number of ether oxygens (including phenoxy) is 1. The van der Waals surface area contributed by atoms with Gasteiger partial charge >= 0.3 is 0 Å². The van der Waals surface area contributed by atoms with Crippen LogP contribution in [0.1, 0.15) is 35.4 Å². The minimum atomic E-state index is -0.725. The number of aliphatic hydroxyl groups is 1. The lowest BCUT2D eigenvalue weighted by Crippen LogP contribution is -2.11. The van der Waals surface area contributed by atoms with Crippen molar-refractivity contribution in [3.05, 3.63) is 46.8 Å². The number of aliphatic hydroxyl groups excluding tert-OH is 1. The Kier molecular flexibility index (Phi) is 3.90. The molecule has 1 heterocycles. The molecule has 0 bridgehead atoms. The van der Waals surface area contributed by atoms with E-state index in [0.717, 1.165) is 16.7 Å². The number of hydrogen-bond acceptors (Lipinski definition) is 3. The van der Waals surface area contributed by atoms with Gasteiger partial charge in [-0.2, -0.15) is 5.10 Å². The van der Waals surface area contributed by atoms with E-state index in [-0.39, 0.29) is 0 Å². The highest BCUT2D eigenvalue weighted by atomic mass is 16.5. The van der Waals surface area contributed by atoms with Crippen LogP contribution in [0.25, 0.3) is 0 Å². The molecule has 19 heavy (non-hydrogen) atoms. The van der Waals surface area contributed by atoms with Crippen molar-refractivity contribution in [2.75, 3.05) is 7.11 Å². The fourth-order valence-corrected chi connectivity index (χ4v) is 2.28. The molecule has 2 rings (SSSR count). The van der Waals surface area contributed by atoms with Crippen molar-refractivity contribution in [3.8, 4) is 5.75 Å². The molecule has 0 aliphatic heterocycles. The molecule has 0 radical (unpaired) electrons. The Balaban J connectivity index is 2.52. The van der Waals surface area contributed by atoms with Gasteiger partial charge in [0.2, 0.25) is 0 Å². The van der Waals surface area contributed by atoms with Gasteiger partial charge in [-0.05, 0) is 37.5 Å². The quantitative estimate of drug-likeness (QED) is 0.919. The Bertz CT molecular complexity index is 554. The van der Waals surface area contributed by atoms with Crippen molar-refractivity contribution >= 4 is 0 Å². The Labute approximate surface area is 113 Å². The molecule has 102 valence electrons. The zero-order valence-corrected chi connectivity index (χ0v) is 11.8. The summed E-state index contributed by atoms with van der Waals surface area (Å²) in [4.78, 5) is 0. The van der Waals surface area contributed by atoms with Gasteiger partial charge in [0.1, 0.15) is 11.8 Å². The normalized spacial score (nSPS) is 12.5. The van der Waals surface area contributed by atoms with Crippen LogP contribution in [0.15, 0.2) is 24.4 Å². The van der Waals surface area contributed by atoms with Crippen molar-refractivity contribution in [1.29, 1.82) is 0 Å². The van der Waals surface area contributed by atoms with E-state index in [4.69, 9.17) is 4.74 Å². The molecule has 1 aromatic heterocycles. The van der Waals surface area contributed by atoms with E-state index in [1.807, 2.05) is 39.0 Å². The van der Waals surface area contributed by atoms with Crippen molar-refractivity contribution in [2.24, 2.45) is 0 Å². The van der Waals surface area contributed by atoms with Crippen LogP contribution in [0, 0.1) is 13.8 Å². The maximum atomic E-state index is 10.7. The number of rotatable bonds is 4. The van der Waals surface area contributed by atoms with Crippen LogP contribution in [0.4, 0.5) is 0 Å². The highest BCUT2D eigenvalue weighted by molar-refractivity contribution is 5.41. The summed E-state index contributed by atoms with van der Waals surface area (Å²) in [5.41, 5.74) is 3.87. The van der Waals surface area contributed by atoms with E-state index in [0.29, 0.717) is 18.0 Å². The van der Waals surface area contributed by atoms with E-state index in [9.17, 15) is 5.11 Å². The molecule has 0 fully saturated rings. The molecule has 1 N–H and O–H groups in total. The summed E-state index contributed by atoms with van der Waals surface area (Å²) < 4.78 is 7.07. The third-order valence-electron chi connectivity index (χ3n) is 3.56. The molecule has 0 saturated carbocycles. The van der Waals surface area contributed by atoms with E-state index in [2.05, 4.69) is 5.10 Å². The molecule has 4 nitrogen and oxygen atoms in total. The van der Waals surface area contributed by atoms with Crippen LogP contribution in [0.2, 0.25) is 0 Å². The topological polar surface area (TPSA) is 47.3 Å². The van der Waals surface area contributed by atoms with Crippen LogP contribution in [-0.4, -0.2) is 22.0 Å².